The lowest BCUT2D eigenvalue weighted by atomic mass is 10.0. The molecular formula is C15H20BrN5O2. The van der Waals surface area contributed by atoms with Gasteiger partial charge in [-0.25, -0.2) is 0 Å². The number of rotatable bonds is 4. The van der Waals surface area contributed by atoms with Crippen molar-refractivity contribution in [2.75, 3.05) is 26.3 Å². The minimum atomic E-state index is 0.359. The number of aromatic nitrogens is 4. The third kappa shape index (κ3) is 3.49. The van der Waals surface area contributed by atoms with Crippen LogP contribution in [-0.2, 0) is 11.3 Å². The molecule has 0 spiro atoms. The van der Waals surface area contributed by atoms with Crippen molar-refractivity contribution in [3.05, 3.63) is 28.6 Å². The van der Waals surface area contributed by atoms with Gasteiger partial charge in [0.1, 0.15) is 0 Å². The Morgan fingerprint density at radius 3 is 2.87 bits per heavy atom. The standard InChI is InChI=1S/C15H20BrN5O2/c16-12-7-17-21(8-12)13-1-4-20(9-13)10-14-18-19-15(23-14)11-2-5-22-6-3-11/h7-8,11,13H,1-6,9-10H2. The molecule has 2 aromatic heterocycles. The lowest BCUT2D eigenvalue weighted by molar-refractivity contribution is 0.0789. The van der Waals surface area contributed by atoms with Crippen LogP contribution in [0.5, 0.6) is 0 Å². The highest BCUT2D eigenvalue weighted by atomic mass is 79.9. The largest absolute Gasteiger partial charge is 0.424 e. The van der Waals surface area contributed by atoms with Crippen LogP contribution in [0.4, 0.5) is 0 Å². The van der Waals surface area contributed by atoms with Gasteiger partial charge in [0.15, 0.2) is 0 Å². The molecule has 0 radical (unpaired) electrons. The van der Waals surface area contributed by atoms with Gasteiger partial charge in [0.25, 0.3) is 0 Å². The van der Waals surface area contributed by atoms with E-state index in [1.165, 1.54) is 0 Å². The minimum absolute atomic E-state index is 0.359. The van der Waals surface area contributed by atoms with Gasteiger partial charge < -0.3 is 9.15 Å². The highest BCUT2D eigenvalue weighted by Crippen LogP contribution is 2.27. The highest BCUT2D eigenvalue weighted by molar-refractivity contribution is 9.10. The second-order valence-electron chi connectivity index (χ2n) is 6.24. The van der Waals surface area contributed by atoms with Crippen molar-refractivity contribution in [1.29, 1.82) is 0 Å². The van der Waals surface area contributed by atoms with Crippen LogP contribution in [0, 0.1) is 0 Å². The van der Waals surface area contributed by atoms with Gasteiger partial charge in [-0.05, 0) is 35.2 Å². The summed E-state index contributed by atoms with van der Waals surface area (Å²) in [5.41, 5.74) is 0. The highest BCUT2D eigenvalue weighted by Gasteiger charge is 2.27. The average molecular weight is 382 g/mol. The maximum absolute atomic E-state index is 5.88. The fourth-order valence-corrected chi connectivity index (χ4v) is 3.62. The summed E-state index contributed by atoms with van der Waals surface area (Å²) in [5.74, 6) is 1.85. The van der Waals surface area contributed by atoms with Crippen molar-refractivity contribution in [3.8, 4) is 0 Å². The molecule has 0 saturated carbocycles. The summed E-state index contributed by atoms with van der Waals surface area (Å²) in [5, 5.41) is 12.9. The number of hydrogen-bond donors (Lipinski definition) is 0. The van der Waals surface area contributed by atoms with Crippen molar-refractivity contribution in [1.82, 2.24) is 24.9 Å². The molecular weight excluding hydrogens is 362 g/mol. The molecule has 0 aliphatic carbocycles. The van der Waals surface area contributed by atoms with Gasteiger partial charge in [0.05, 0.1) is 23.3 Å². The summed E-state index contributed by atoms with van der Waals surface area (Å²) in [6, 6.07) is 0.416. The van der Waals surface area contributed by atoms with E-state index in [0.717, 1.165) is 62.5 Å². The first kappa shape index (κ1) is 15.3. The number of ether oxygens (including phenoxy) is 1. The Kier molecular flexibility index (Phi) is 4.46. The van der Waals surface area contributed by atoms with Gasteiger partial charge in [0.2, 0.25) is 11.8 Å². The first-order valence-corrected chi connectivity index (χ1v) is 8.89. The predicted octanol–water partition coefficient (Wildman–Crippen LogP) is 2.37. The van der Waals surface area contributed by atoms with Gasteiger partial charge in [0, 0.05) is 38.4 Å². The van der Waals surface area contributed by atoms with Crippen molar-refractivity contribution >= 4 is 15.9 Å². The molecule has 8 heteroatoms. The van der Waals surface area contributed by atoms with Gasteiger partial charge in [-0.1, -0.05) is 0 Å². The molecule has 0 aromatic carbocycles. The molecule has 2 saturated heterocycles. The molecule has 2 aliphatic heterocycles. The molecule has 124 valence electrons. The summed E-state index contributed by atoms with van der Waals surface area (Å²) in [4.78, 5) is 2.35. The van der Waals surface area contributed by atoms with E-state index in [4.69, 9.17) is 9.15 Å². The van der Waals surface area contributed by atoms with Crippen LogP contribution in [-0.4, -0.2) is 51.2 Å². The Hall–Kier alpha value is -1.25. The van der Waals surface area contributed by atoms with E-state index in [1.54, 1.807) is 0 Å². The topological polar surface area (TPSA) is 69.2 Å². The molecule has 23 heavy (non-hydrogen) atoms. The molecule has 2 aromatic rings. The average Bonchev–Trinajstić information content (AvgIpc) is 3.29. The van der Waals surface area contributed by atoms with Gasteiger partial charge in [-0.3, -0.25) is 9.58 Å². The Bertz CT molecular complexity index is 652. The zero-order valence-corrected chi connectivity index (χ0v) is 14.5. The SMILES string of the molecule is Brc1cnn(C2CCN(Cc3nnc(C4CCOCC4)o3)C2)c1. The second kappa shape index (κ2) is 6.70. The van der Waals surface area contributed by atoms with Crippen molar-refractivity contribution in [3.63, 3.8) is 0 Å². The molecule has 4 heterocycles. The number of hydrogen-bond acceptors (Lipinski definition) is 6. The molecule has 1 atom stereocenters. The van der Waals surface area contributed by atoms with E-state index >= 15 is 0 Å². The molecule has 0 N–H and O–H groups in total. The monoisotopic (exact) mass is 381 g/mol. The zero-order valence-electron chi connectivity index (χ0n) is 12.9. The smallest absolute Gasteiger partial charge is 0.230 e. The Balaban J connectivity index is 1.35. The van der Waals surface area contributed by atoms with Gasteiger partial charge in [-0.15, -0.1) is 10.2 Å². The molecule has 2 aliphatic rings. The quantitative estimate of drug-likeness (QED) is 0.809. The third-order valence-corrected chi connectivity index (χ3v) is 5.01. The van der Waals surface area contributed by atoms with E-state index < -0.39 is 0 Å². The lowest BCUT2D eigenvalue weighted by Gasteiger charge is -2.18. The van der Waals surface area contributed by atoms with Crippen LogP contribution in [0.1, 0.15) is 43.0 Å². The summed E-state index contributed by atoms with van der Waals surface area (Å²) >= 11 is 3.45. The van der Waals surface area contributed by atoms with Gasteiger partial charge in [-0.2, -0.15) is 5.10 Å². The third-order valence-electron chi connectivity index (χ3n) is 4.60. The van der Waals surface area contributed by atoms with E-state index in [0.29, 0.717) is 17.9 Å². The van der Waals surface area contributed by atoms with E-state index in [-0.39, 0.29) is 0 Å². The molecule has 0 bridgehead atoms. The van der Waals surface area contributed by atoms with Crippen LogP contribution >= 0.6 is 15.9 Å². The fourth-order valence-electron chi connectivity index (χ4n) is 3.32. The summed E-state index contributed by atoms with van der Waals surface area (Å²) in [7, 11) is 0. The van der Waals surface area contributed by atoms with E-state index in [1.807, 2.05) is 17.1 Å². The van der Waals surface area contributed by atoms with Crippen LogP contribution in [0.25, 0.3) is 0 Å². The molecule has 4 rings (SSSR count). The Labute approximate surface area is 143 Å². The number of halogens is 1. The molecule has 1 unspecified atom stereocenters. The summed E-state index contributed by atoms with van der Waals surface area (Å²) in [6.07, 6.45) is 6.91. The van der Waals surface area contributed by atoms with Crippen LogP contribution in [0.2, 0.25) is 0 Å². The van der Waals surface area contributed by atoms with Crippen LogP contribution in [0.3, 0.4) is 0 Å². The van der Waals surface area contributed by atoms with E-state index in [2.05, 4.69) is 36.1 Å². The van der Waals surface area contributed by atoms with Gasteiger partial charge >= 0.3 is 0 Å². The van der Waals surface area contributed by atoms with Crippen LogP contribution in [0.15, 0.2) is 21.3 Å². The molecule has 0 amide bonds. The van der Waals surface area contributed by atoms with Crippen molar-refractivity contribution in [2.45, 2.75) is 37.8 Å². The zero-order chi connectivity index (χ0) is 15.6. The van der Waals surface area contributed by atoms with Crippen molar-refractivity contribution in [2.24, 2.45) is 0 Å². The molecule has 7 nitrogen and oxygen atoms in total. The number of likely N-dealkylation sites (tertiary alicyclic amines) is 1. The lowest BCUT2D eigenvalue weighted by Crippen LogP contribution is -2.21. The van der Waals surface area contributed by atoms with Crippen molar-refractivity contribution < 1.29 is 9.15 Å². The second-order valence-corrected chi connectivity index (χ2v) is 7.15. The normalized spacial score (nSPS) is 23.6. The summed E-state index contributed by atoms with van der Waals surface area (Å²) < 4.78 is 14.3. The van der Waals surface area contributed by atoms with E-state index in [9.17, 15) is 0 Å². The predicted molar refractivity (Wildman–Crippen MR) is 86.0 cm³/mol. The maximum atomic E-state index is 5.88. The first-order valence-electron chi connectivity index (χ1n) is 8.10. The number of nitrogens with zero attached hydrogens (tertiary/aromatic N) is 5. The Morgan fingerprint density at radius 2 is 2.09 bits per heavy atom. The fraction of sp³-hybridized carbons (Fsp3) is 0.667. The first-order chi connectivity index (χ1) is 11.3. The Morgan fingerprint density at radius 1 is 1.22 bits per heavy atom. The maximum Gasteiger partial charge on any atom is 0.230 e. The molecule has 2 fully saturated rings. The van der Waals surface area contributed by atoms with Crippen LogP contribution < -0.4 is 0 Å². The summed E-state index contributed by atoms with van der Waals surface area (Å²) in [6.45, 7) is 4.28. The minimum Gasteiger partial charge on any atom is -0.424 e.